The zero-order valence-electron chi connectivity index (χ0n) is 10.6. The van der Waals surface area contributed by atoms with Crippen LogP contribution < -0.4 is 11.1 Å². The average Bonchev–Trinajstić information content (AvgIpc) is 2.35. The Morgan fingerprint density at radius 2 is 2.11 bits per heavy atom. The molecule has 2 atom stereocenters. The number of halogens is 1. The molecule has 0 unspecified atom stereocenters. The van der Waals surface area contributed by atoms with Crippen molar-refractivity contribution < 1.29 is 4.79 Å². The highest BCUT2D eigenvalue weighted by Crippen LogP contribution is 2.25. The van der Waals surface area contributed by atoms with E-state index in [1.165, 1.54) is 19.3 Å². The molecule has 0 aliphatic heterocycles. The molecule has 3 N–H and O–H groups in total. The molecule has 0 aromatic heterocycles. The first-order chi connectivity index (χ1) is 8.58. The number of carbonyl (C=O) groups is 1. The van der Waals surface area contributed by atoms with Crippen LogP contribution >= 0.6 is 11.6 Å². The van der Waals surface area contributed by atoms with Gasteiger partial charge in [-0.3, -0.25) is 4.79 Å². The summed E-state index contributed by atoms with van der Waals surface area (Å²) in [6, 6.07) is 5.24. The first-order valence-corrected chi connectivity index (χ1v) is 6.81. The number of nitrogen functional groups attached to an aromatic ring is 1. The maximum atomic E-state index is 12.2. The molecule has 1 aromatic rings. The zero-order chi connectivity index (χ0) is 13.1. The van der Waals surface area contributed by atoms with Crippen LogP contribution in [0.25, 0.3) is 0 Å². The number of carbonyl (C=O) groups excluding carboxylic acids is 1. The second-order valence-electron chi connectivity index (χ2n) is 5.08. The van der Waals surface area contributed by atoms with Crippen molar-refractivity contribution in [2.45, 2.75) is 38.6 Å². The summed E-state index contributed by atoms with van der Waals surface area (Å²) in [4.78, 5) is 12.2. The van der Waals surface area contributed by atoms with E-state index >= 15 is 0 Å². The van der Waals surface area contributed by atoms with Crippen molar-refractivity contribution in [3.05, 3.63) is 28.8 Å². The molecule has 0 bridgehead atoms. The zero-order valence-corrected chi connectivity index (χ0v) is 11.3. The number of nitrogens with one attached hydrogen (secondary N) is 1. The van der Waals surface area contributed by atoms with Crippen molar-refractivity contribution in [3.63, 3.8) is 0 Å². The molecule has 4 heteroatoms. The fourth-order valence-electron chi connectivity index (χ4n) is 2.49. The van der Waals surface area contributed by atoms with E-state index in [9.17, 15) is 4.79 Å². The van der Waals surface area contributed by atoms with Crippen LogP contribution in [0.4, 0.5) is 5.69 Å². The van der Waals surface area contributed by atoms with Crippen LogP contribution in [-0.4, -0.2) is 11.9 Å². The third-order valence-electron chi connectivity index (χ3n) is 3.66. The molecule has 1 amide bonds. The fourth-order valence-corrected chi connectivity index (χ4v) is 2.70. The van der Waals surface area contributed by atoms with E-state index in [-0.39, 0.29) is 11.9 Å². The van der Waals surface area contributed by atoms with E-state index in [4.69, 9.17) is 17.3 Å². The molecule has 1 aromatic carbocycles. The Balaban J connectivity index is 2.09. The van der Waals surface area contributed by atoms with Crippen LogP contribution in [0.15, 0.2) is 18.2 Å². The third kappa shape index (κ3) is 2.96. The number of benzene rings is 1. The fraction of sp³-hybridized carbons (Fsp3) is 0.500. The number of anilines is 1. The van der Waals surface area contributed by atoms with Crippen molar-refractivity contribution in [2.75, 3.05) is 5.73 Å². The monoisotopic (exact) mass is 266 g/mol. The van der Waals surface area contributed by atoms with Gasteiger partial charge in [-0.25, -0.2) is 0 Å². The topological polar surface area (TPSA) is 55.1 Å². The van der Waals surface area contributed by atoms with E-state index in [2.05, 4.69) is 12.2 Å². The Hall–Kier alpha value is -1.22. The molecular weight excluding hydrogens is 248 g/mol. The van der Waals surface area contributed by atoms with Gasteiger partial charge in [0.2, 0.25) is 0 Å². The molecular formula is C14H19ClN2O. The van der Waals surface area contributed by atoms with Crippen molar-refractivity contribution in [2.24, 2.45) is 5.92 Å². The van der Waals surface area contributed by atoms with Crippen molar-refractivity contribution >= 4 is 23.2 Å². The Morgan fingerprint density at radius 3 is 2.83 bits per heavy atom. The summed E-state index contributed by atoms with van der Waals surface area (Å²) in [7, 11) is 0. The smallest absolute Gasteiger partial charge is 0.253 e. The van der Waals surface area contributed by atoms with Crippen LogP contribution in [0.2, 0.25) is 5.02 Å². The number of hydrogen-bond donors (Lipinski definition) is 2. The van der Waals surface area contributed by atoms with Gasteiger partial charge in [0.15, 0.2) is 0 Å². The van der Waals surface area contributed by atoms with Gasteiger partial charge in [0, 0.05) is 11.7 Å². The van der Waals surface area contributed by atoms with Gasteiger partial charge in [-0.2, -0.15) is 0 Å². The summed E-state index contributed by atoms with van der Waals surface area (Å²) >= 11 is 6.03. The summed E-state index contributed by atoms with van der Waals surface area (Å²) < 4.78 is 0. The number of hydrogen-bond acceptors (Lipinski definition) is 2. The summed E-state index contributed by atoms with van der Waals surface area (Å²) in [5, 5.41) is 3.52. The SMILES string of the molecule is C[C@@H]1CCCC[C@H]1NC(=O)c1cc(N)ccc1Cl. The molecule has 1 aliphatic rings. The molecule has 3 nitrogen and oxygen atoms in total. The molecule has 0 heterocycles. The molecule has 0 saturated heterocycles. The van der Waals surface area contributed by atoms with E-state index in [1.54, 1.807) is 18.2 Å². The molecule has 0 spiro atoms. The van der Waals surface area contributed by atoms with Crippen molar-refractivity contribution in [1.29, 1.82) is 0 Å². The second-order valence-corrected chi connectivity index (χ2v) is 5.49. The van der Waals surface area contributed by atoms with Crippen LogP contribution in [0.1, 0.15) is 43.0 Å². The maximum absolute atomic E-state index is 12.2. The van der Waals surface area contributed by atoms with Crippen LogP contribution in [-0.2, 0) is 0 Å². The molecule has 2 rings (SSSR count). The van der Waals surface area contributed by atoms with Gasteiger partial charge in [-0.1, -0.05) is 31.4 Å². The Morgan fingerprint density at radius 1 is 1.39 bits per heavy atom. The van der Waals surface area contributed by atoms with E-state index in [0.29, 0.717) is 22.2 Å². The second kappa shape index (κ2) is 5.61. The largest absolute Gasteiger partial charge is 0.399 e. The number of rotatable bonds is 2. The third-order valence-corrected chi connectivity index (χ3v) is 3.99. The summed E-state index contributed by atoms with van der Waals surface area (Å²) in [6.45, 7) is 2.19. The Labute approximate surface area is 113 Å². The number of amides is 1. The maximum Gasteiger partial charge on any atom is 0.253 e. The van der Waals surface area contributed by atoms with Gasteiger partial charge in [0.05, 0.1) is 10.6 Å². The van der Waals surface area contributed by atoms with Crippen LogP contribution in [0.3, 0.4) is 0 Å². The molecule has 1 saturated carbocycles. The highest BCUT2D eigenvalue weighted by Gasteiger charge is 2.23. The predicted octanol–water partition coefficient (Wildman–Crippen LogP) is 3.23. The minimum atomic E-state index is -0.119. The Bertz CT molecular complexity index is 447. The standard InChI is InChI=1S/C14H19ClN2O/c1-9-4-2-3-5-13(9)17-14(18)11-8-10(16)6-7-12(11)15/h6-9,13H,2-5,16H2,1H3,(H,17,18)/t9-,13-/m1/s1. The lowest BCUT2D eigenvalue weighted by atomic mass is 9.86. The molecule has 1 fully saturated rings. The predicted molar refractivity (Wildman–Crippen MR) is 74.8 cm³/mol. The lowest BCUT2D eigenvalue weighted by molar-refractivity contribution is 0.0910. The Kier molecular flexibility index (Phi) is 4.12. The lowest BCUT2D eigenvalue weighted by Crippen LogP contribution is -2.41. The van der Waals surface area contributed by atoms with Gasteiger partial charge in [0.1, 0.15) is 0 Å². The van der Waals surface area contributed by atoms with Gasteiger partial charge < -0.3 is 11.1 Å². The minimum absolute atomic E-state index is 0.119. The van der Waals surface area contributed by atoms with Crippen molar-refractivity contribution in [3.8, 4) is 0 Å². The number of nitrogens with two attached hydrogens (primary N) is 1. The van der Waals surface area contributed by atoms with E-state index in [1.807, 2.05) is 0 Å². The summed E-state index contributed by atoms with van der Waals surface area (Å²) in [5.74, 6) is 0.411. The minimum Gasteiger partial charge on any atom is -0.399 e. The van der Waals surface area contributed by atoms with Gasteiger partial charge in [-0.15, -0.1) is 0 Å². The normalized spacial score (nSPS) is 23.7. The van der Waals surface area contributed by atoms with E-state index in [0.717, 1.165) is 6.42 Å². The first kappa shape index (κ1) is 13.2. The first-order valence-electron chi connectivity index (χ1n) is 6.44. The van der Waals surface area contributed by atoms with Crippen molar-refractivity contribution in [1.82, 2.24) is 5.32 Å². The van der Waals surface area contributed by atoms with Gasteiger partial charge in [-0.05, 0) is 37.0 Å². The molecule has 18 heavy (non-hydrogen) atoms. The highest BCUT2D eigenvalue weighted by molar-refractivity contribution is 6.34. The lowest BCUT2D eigenvalue weighted by Gasteiger charge is -2.29. The van der Waals surface area contributed by atoms with Gasteiger partial charge in [0.25, 0.3) is 5.91 Å². The van der Waals surface area contributed by atoms with Gasteiger partial charge >= 0.3 is 0 Å². The summed E-state index contributed by atoms with van der Waals surface area (Å²) in [5.41, 5.74) is 6.71. The quantitative estimate of drug-likeness (QED) is 0.808. The van der Waals surface area contributed by atoms with E-state index < -0.39 is 0 Å². The summed E-state index contributed by atoms with van der Waals surface area (Å²) in [6.07, 6.45) is 4.66. The molecule has 0 radical (unpaired) electrons. The average molecular weight is 267 g/mol. The van der Waals surface area contributed by atoms with Crippen LogP contribution in [0.5, 0.6) is 0 Å². The molecule has 98 valence electrons. The molecule has 1 aliphatic carbocycles. The van der Waals surface area contributed by atoms with Crippen LogP contribution in [0, 0.1) is 5.92 Å². The highest BCUT2D eigenvalue weighted by atomic mass is 35.5.